The van der Waals surface area contributed by atoms with E-state index in [-0.39, 0.29) is 23.6 Å². The molecule has 0 saturated carbocycles. The highest BCUT2D eigenvalue weighted by atomic mass is 16.2. The molecule has 1 aliphatic rings. The second-order valence-electron chi connectivity index (χ2n) is 8.10. The van der Waals surface area contributed by atoms with Gasteiger partial charge in [-0.2, -0.15) is 0 Å². The molecule has 1 amide bonds. The third-order valence-electron chi connectivity index (χ3n) is 6.10. The summed E-state index contributed by atoms with van der Waals surface area (Å²) in [6.45, 7) is 11.3. The van der Waals surface area contributed by atoms with Crippen LogP contribution in [0.5, 0.6) is 0 Å². The molecule has 0 N–H and O–H groups in total. The quantitative estimate of drug-likeness (QED) is 0.669. The maximum absolute atomic E-state index is 12.9. The number of hydrogen-bond acceptors (Lipinski definition) is 4. The molecule has 0 spiro atoms. The largest absolute Gasteiger partial charge is 0.337 e. The van der Waals surface area contributed by atoms with Crippen molar-refractivity contribution < 1.29 is 4.79 Å². The number of hydrogen-bond donors (Lipinski definition) is 0. The van der Waals surface area contributed by atoms with Crippen LogP contribution in [-0.2, 0) is 11.3 Å². The van der Waals surface area contributed by atoms with Crippen molar-refractivity contribution in [2.75, 3.05) is 19.6 Å². The van der Waals surface area contributed by atoms with Gasteiger partial charge in [-0.1, -0.05) is 31.9 Å². The highest BCUT2D eigenvalue weighted by Gasteiger charge is 2.31. The fourth-order valence-corrected chi connectivity index (χ4v) is 4.35. The third-order valence-corrected chi connectivity index (χ3v) is 6.10. The summed E-state index contributed by atoms with van der Waals surface area (Å²) in [4.78, 5) is 34.8. The first kappa shape index (κ1) is 21.5. The predicted octanol–water partition coefficient (Wildman–Crippen LogP) is 3.59. The van der Waals surface area contributed by atoms with Gasteiger partial charge < -0.3 is 4.90 Å². The summed E-state index contributed by atoms with van der Waals surface area (Å²) in [5, 5.41) is 0.668. The SMILES string of the molecule is CCCCCC(=O)N1CCN(C(C)c2nc3ccccc3c(=O)n2CC)CC1C. The van der Waals surface area contributed by atoms with Gasteiger partial charge in [-0.25, -0.2) is 4.98 Å². The third kappa shape index (κ3) is 4.53. The minimum Gasteiger partial charge on any atom is -0.337 e. The van der Waals surface area contributed by atoms with Gasteiger partial charge in [0.1, 0.15) is 5.82 Å². The Morgan fingerprint density at radius 2 is 1.97 bits per heavy atom. The van der Waals surface area contributed by atoms with Crippen LogP contribution in [-0.4, -0.2) is 50.9 Å². The molecule has 1 aliphatic heterocycles. The van der Waals surface area contributed by atoms with E-state index in [1.807, 2.05) is 36.1 Å². The number of amides is 1. The van der Waals surface area contributed by atoms with Crippen molar-refractivity contribution in [2.24, 2.45) is 0 Å². The molecule has 6 heteroatoms. The molecule has 6 nitrogen and oxygen atoms in total. The van der Waals surface area contributed by atoms with Crippen LogP contribution in [0.15, 0.2) is 29.1 Å². The molecule has 158 valence electrons. The van der Waals surface area contributed by atoms with Gasteiger partial charge in [0.05, 0.1) is 16.9 Å². The van der Waals surface area contributed by atoms with E-state index in [1.165, 1.54) is 0 Å². The minimum absolute atomic E-state index is 0.0204. The summed E-state index contributed by atoms with van der Waals surface area (Å²) in [5.74, 6) is 1.08. The Morgan fingerprint density at radius 1 is 1.21 bits per heavy atom. The number of para-hydroxylation sites is 1. The molecule has 0 aliphatic carbocycles. The van der Waals surface area contributed by atoms with Crippen LogP contribution in [0.2, 0.25) is 0 Å². The van der Waals surface area contributed by atoms with Gasteiger partial charge in [0.25, 0.3) is 5.56 Å². The van der Waals surface area contributed by atoms with Crippen LogP contribution in [0, 0.1) is 0 Å². The molecular formula is C23H34N4O2. The summed E-state index contributed by atoms with van der Waals surface area (Å²) >= 11 is 0. The molecule has 29 heavy (non-hydrogen) atoms. The average Bonchev–Trinajstić information content (AvgIpc) is 2.73. The van der Waals surface area contributed by atoms with Crippen LogP contribution in [0.1, 0.15) is 65.2 Å². The van der Waals surface area contributed by atoms with E-state index >= 15 is 0 Å². The standard InChI is InChI=1S/C23H34N4O2/c1-5-7-8-13-21(28)27-15-14-25(16-17(27)3)18(4)22-24-20-12-10-9-11-19(20)23(29)26(22)6-2/h9-12,17-18H,5-8,13-16H2,1-4H3. The fourth-order valence-electron chi connectivity index (χ4n) is 4.35. The van der Waals surface area contributed by atoms with Crippen LogP contribution in [0.3, 0.4) is 0 Å². The van der Waals surface area contributed by atoms with Crippen molar-refractivity contribution in [3.8, 4) is 0 Å². The molecule has 2 atom stereocenters. The molecule has 0 radical (unpaired) electrons. The van der Waals surface area contributed by atoms with E-state index in [4.69, 9.17) is 4.98 Å². The normalized spacial score (nSPS) is 18.9. The first-order chi connectivity index (χ1) is 14.0. The Labute approximate surface area is 173 Å². The van der Waals surface area contributed by atoms with Gasteiger partial charge >= 0.3 is 0 Å². The second kappa shape index (κ2) is 9.53. The van der Waals surface area contributed by atoms with Crippen molar-refractivity contribution in [3.63, 3.8) is 0 Å². The van der Waals surface area contributed by atoms with Gasteiger partial charge in [-0.3, -0.25) is 19.1 Å². The van der Waals surface area contributed by atoms with E-state index in [0.29, 0.717) is 18.4 Å². The lowest BCUT2D eigenvalue weighted by molar-refractivity contribution is -0.136. The Hall–Kier alpha value is -2.21. The van der Waals surface area contributed by atoms with Gasteiger partial charge in [-0.15, -0.1) is 0 Å². The molecule has 3 rings (SSSR count). The Morgan fingerprint density at radius 3 is 2.66 bits per heavy atom. The number of piperazine rings is 1. The molecule has 1 aromatic carbocycles. The lowest BCUT2D eigenvalue weighted by atomic mass is 10.1. The first-order valence-electron chi connectivity index (χ1n) is 11.0. The van der Waals surface area contributed by atoms with E-state index in [0.717, 1.165) is 50.2 Å². The summed E-state index contributed by atoms with van der Waals surface area (Å²) in [6.07, 6.45) is 3.86. The average molecular weight is 399 g/mol. The number of aromatic nitrogens is 2. The van der Waals surface area contributed by atoms with Crippen LogP contribution in [0.4, 0.5) is 0 Å². The smallest absolute Gasteiger partial charge is 0.261 e. The van der Waals surface area contributed by atoms with Crippen molar-refractivity contribution >= 4 is 16.8 Å². The first-order valence-corrected chi connectivity index (χ1v) is 11.0. The summed E-state index contributed by atoms with van der Waals surface area (Å²) in [6, 6.07) is 7.74. The van der Waals surface area contributed by atoms with Gasteiger partial charge in [0.2, 0.25) is 5.91 Å². The molecule has 1 saturated heterocycles. The summed E-state index contributed by atoms with van der Waals surface area (Å²) < 4.78 is 1.79. The topological polar surface area (TPSA) is 58.4 Å². The number of unbranched alkanes of at least 4 members (excludes halogenated alkanes) is 2. The van der Waals surface area contributed by atoms with E-state index in [9.17, 15) is 9.59 Å². The number of carbonyl (C=O) groups is 1. The zero-order chi connectivity index (χ0) is 21.0. The van der Waals surface area contributed by atoms with Gasteiger partial charge in [0.15, 0.2) is 0 Å². The maximum Gasteiger partial charge on any atom is 0.261 e. The number of rotatable bonds is 7. The molecule has 2 aromatic rings. The molecule has 0 bridgehead atoms. The summed E-state index contributed by atoms with van der Waals surface area (Å²) in [7, 11) is 0. The lowest BCUT2D eigenvalue weighted by Gasteiger charge is -2.42. The highest BCUT2D eigenvalue weighted by molar-refractivity contribution is 5.77. The van der Waals surface area contributed by atoms with E-state index in [1.54, 1.807) is 4.57 Å². The Kier molecular flexibility index (Phi) is 7.06. The van der Waals surface area contributed by atoms with Crippen LogP contribution < -0.4 is 5.56 Å². The van der Waals surface area contributed by atoms with Gasteiger partial charge in [-0.05, 0) is 39.3 Å². The Bertz CT molecular complexity index is 907. The summed E-state index contributed by atoms with van der Waals surface area (Å²) in [5.41, 5.74) is 0.777. The number of benzene rings is 1. The number of carbonyl (C=O) groups excluding carboxylic acids is 1. The Balaban J connectivity index is 1.77. The monoisotopic (exact) mass is 398 g/mol. The molecule has 1 fully saturated rings. The van der Waals surface area contributed by atoms with Crippen molar-refractivity contribution in [3.05, 3.63) is 40.4 Å². The van der Waals surface area contributed by atoms with Crippen molar-refractivity contribution in [1.29, 1.82) is 0 Å². The number of nitrogens with zero attached hydrogens (tertiary/aromatic N) is 4. The predicted molar refractivity (Wildman–Crippen MR) is 117 cm³/mol. The number of fused-ring (bicyclic) bond motifs is 1. The molecular weight excluding hydrogens is 364 g/mol. The van der Waals surface area contributed by atoms with E-state index in [2.05, 4.69) is 25.7 Å². The zero-order valence-corrected chi connectivity index (χ0v) is 18.2. The maximum atomic E-state index is 12.9. The molecule has 2 unspecified atom stereocenters. The van der Waals surface area contributed by atoms with Crippen LogP contribution >= 0.6 is 0 Å². The lowest BCUT2D eigenvalue weighted by Crippen LogP contribution is -2.54. The van der Waals surface area contributed by atoms with Gasteiger partial charge in [0, 0.05) is 38.6 Å². The minimum atomic E-state index is 0.0204. The molecule has 2 heterocycles. The van der Waals surface area contributed by atoms with E-state index < -0.39 is 0 Å². The van der Waals surface area contributed by atoms with Crippen molar-refractivity contribution in [1.82, 2.24) is 19.4 Å². The highest BCUT2D eigenvalue weighted by Crippen LogP contribution is 2.24. The fraction of sp³-hybridized carbons (Fsp3) is 0.609. The van der Waals surface area contributed by atoms with Crippen LogP contribution in [0.25, 0.3) is 10.9 Å². The molecule has 1 aromatic heterocycles. The zero-order valence-electron chi connectivity index (χ0n) is 18.2. The van der Waals surface area contributed by atoms with Crippen molar-refractivity contribution in [2.45, 2.75) is 72.0 Å². The second-order valence-corrected chi connectivity index (χ2v) is 8.10.